The van der Waals surface area contributed by atoms with E-state index in [9.17, 15) is 13.9 Å². The van der Waals surface area contributed by atoms with E-state index < -0.39 is 17.2 Å². The third kappa shape index (κ3) is 3.64. The fourth-order valence-corrected chi connectivity index (χ4v) is 3.68. The van der Waals surface area contributed by atoms with Crippen molar-refractivity contribution in [2.24, 2.45) is 5.92 Å². The third-order valence-corrected chi connectivity index (χ3v) is 5.23. The molecule has 0 radical (unpaired) electrons. The minimum atomic E-state index is -0.831. The first kappa shape index (κ1) is 18.6. The largest absolute Gasteiger partial charge is 0.389 e. The maximum Gasteiger partial charge on any atom is 0.212 e. The van der Waals surface area contributed by atoms with E-state index in [2.05, 4.69) is 16.9 Å². The molecule has 0 saturated heterocycles. The molecule has 1 saturated carbocycles. The second-order valence-electron chi connectivity index (χ2n) is 7.93. The van der Waals surface area contributed by atoms with Gasteiger partial charge in [0.25, 0.3) is 0 Å². The zero-order valence-electron chi connectivity index (χ0n) is 16.0. The molecule has 28 heavy (non-hydrogen) atoms. The highest BCUT2D eigenvalue weighted by molar-refractivity contribution is 5.82. The fourth-order valence-electron chi connectivity index (χ4n) is 3.68. The van der Waals surface area contributed by atoms with Gasteiger partial charge in [-0.25, -0.2) is 13.8 Å². The topological polar surface area (TPSA) is 50.1 Å². The van der Waals surface area contributed by atoms with Gasteiger partial charge in [-0.2, -0.15) is 0 Å². The summed E-state index contributed by atoms with van der Waals surface area (Å²) in [5.74, 6) is -0.635. The van der Waals surface area contributed by atoms with Crippen LogP contribution in [0.3, 0.4) is 0 Å². The van der Waals surface area contributed by atoms with Crippen molar-refractivity contribution in [2.45, 2.75) is 38.7 Å². The first-order valence-electron chi connectivity index (χ1n) is 9.36. The molecule has 1 aliphatic rings. The van der Waals surface area contributed by atoms with Crippen molar-refractivity contribution in [1.82, 2.24) is 9.55 Å². The summed E-state index contributed by atoms with van der Waals surface area (Å²) in [4.78, 5) is 4.58. The lowest BCUT2D eigenvalue weighted by molar-refractivity contribution is 0.0376. The van der Waals surface area contributed by atoms with Crippen molar-refractivity contribution in [3.8, 4) is 5.69 Å². The standard InChI is InChI=1S/C22H23F2N3O/c1-13-4-7-19-20(8-13)27(18-10-16(23)9-17(24)11-18)21(26-19)25-14(2)12-22(3,28)15-5-6-15/h4,7-11,15,28H,2,5-6,12H2,1,3H3,(H,25,26)/t22-/m0/s1. The number of aliphatic hydroxyl groups is 1. The summed E-state index contributed by atoms with van der Waals surface area (Å²) >= 11 is 0. The van der Waals surface area contributed by atoms with Crippen molar-refractivity contribution in [3.63, 3.8) is 0 Å². The number of nitrogens with one attached hydrogen (secondary N) is 1. The molecule has 2 aromatic carbocycles. The Kier molecular flexibility index (Phi) is 4.46. The van der Waals surface area contributed by atoms with E-state index in [1.165, 1.54) is 12.1 Å². The predicted octanol–water partition coefficient (Wildman–Crippen LogP) is 5.09. The van der Waals surface area contributed by atoms with Crippen molar-refractivity contribution >= 4 is 17.0 Å². The van der Waals surface area contributed by atoms with Gasteiger partial charge in [-0.05, 0) is 62.4 Å². The molecule has 0 bridgehead atoms. The molecule has 0 unspecified atom stereocenters. The number of imidazole rings is 1. The van der Waals surface area contributed by atoms with E-state index in [1.807, 2.05) is 32.0 Å². The fraction of sp³-hybridized carbons (Fsp3) is 0.318. The molecular weight excluding hydrogens is 360 g/mol. The van der Waals surface area contributed by atoms with Crippen molar-refractivity contribution in [2.75, 3.05) is 5.32 Å². The average molecular weight is 383 g/mol. The predicted molar refractivity (Wildman–Crippen MR) is 106 cm³/mol. The van der Waals surface area contributed by atoms with Crippen LogP contribution in [-0.2, 0) is 0 Å². The van der Waals surface area contributed by atoms with Gasteiger partial charge in [0.1, 0.15) is 11.6 Å². The van der Waals surface area contributed by atoms with Crippen LogP contribution in [0.5, 0.6) is 0 Å². The minimum Gasteiger partial charge on any atom is -0.389 e. The van der Waals surface area contributed by atoms with Crippen molar-refractivity contribution < 1.29 is 13.9 Å². The average Bonchev–Trinajstić information content (AvgIpc) is 3.37. The van der Waals surface area contributed by atoms with E-state index >= 15 is 0 Å². The highest BCUT2D eigenvalue weighted by Crippen LogP contribution is 2.42. The Morgan fingerprint density at radius 1 is 1.25 bits per heavy atom. The second-order valence-corrected chi connectivity index (χ2v) is 7.93. The monoisotopic (exact) mass is 383 g/mol. The highest BCUT2D eigenvalue weighted by atomic mass is 19.1. The lowest BCUT2D eigenvalue weighted by Gasteiger charge is -2.24. The molecule has 4 rings (SSSR count). The molecule has 4 nitrogen and oxygen atoms in total. The maximum absolute atomic E-state index is 13.9. The number of nitrogens with zero attached hydrogens (tertiary/aromatic N) is 2. The quantitative estimate of drug-likeness (QED) is 0.623. The Bertz CT molecular complexity index is 1050. The van der Waals surface area contributed by atoms with E-state index in [1.54, 1.807) is 4.57 Å². The summed E-state index contributed by atoms with van der Waals surface area (Å²) in [7, 11) is 0. The Morgan fingerprint density at radius 2 is 1.93 bits per heavy atom. The molecule has 1 fully saturated rings. The van der Waals surface area contributed by atoms with Crippen LogP contribution >= 0.6 is 0 Å². The number of benzene rings is 2. The Labute approximate surface area is 162 Å². The molecule has 1 aromatic heterocycles. The SMILES string of the molecule is C=C(C[C@](C)(O)C1CC1)Nc1nc2ccc(C)cc2n1-c1cc(F)cc(F)c1. The summed E-state index contributed by atoms with van der Waals surface area (Å²) in [6.45, 7) is 7.79. The van der Waals surface area contributed by atoms with E-state index in [0.717, 1.165) is 30.0 Å². The second kappa shape index (κ2) is 6.71. The highest BCUT2D eigenvalue weighted by Gasteiger charge is 2.40. The molecule has 0 aliphatic heterocycles. The number of rotatable bonds is 6. The van der Waals surface area contributed by atoms with Crippen molar-refractivity contribution in [1.29, 1.82) is 0 Å². The molecule has 3 aromatic rings. The number of fused-ring (bicyclic) bond motifs is 1. The van der Waals surface area contributed by atoms with Gasteiger partial charge in [-0.1, -0.05) is 12.6 Å². The van der Waals surface area contributed by atoms with E-state index in [-0.39, 0.29) is 5.92 Å². The lowest BCUT2D eigenvalue weighted by Crippen LogP contribution is -2.28. The van der Waals surface area contributed by atoms with Crippen LogP contribution in [0.2, 0.25) is 0 Å². The van der Waals surface area contributed by atoms with Gasteiger partial charge < -0.3 is 10.4 Å². The van der Waals surface area contributed by atoms with Gasteiger partial charge >= 0.3 is 0 Å². The van der Waals surface area contributed by atoms with Crippen LogP contribution in [0.15, 0.2) is 48.7 Å². The van der Waals surface area contributed by atoms with E-state index in [0.29, 0.717) is 29.3 Å². The molecule has 0 spiro atoms. The number of aromatic nitrogens is 2. The zero-order chi connectivity index (χ0) is 20.1. The molecule has 0 amide bonds. The summed E-state index contributed by atoms with van der Waals surface area (Å²) in [6.07, 6.45) is 2.40. The number of hydrogen-bond donors (Lipinski definition) is 2. The smallest absolute Gasteiger partial charge is 0.212 e. The normalized spacial score (nSPS) is 16.2. The molecule has 1 heterocycles. The van der Waals surface area contributed by atoms with Gasteiger partial charge in [-0.15, -0.1) is 0 Å². The van der Waals surface area contributed by atoms with Gasteiger partial charge in [0.15, 0.2) is 0 Å². The molecule has 1 aliphatic carbocycles. The summed E-state index contributed by atoms with van der Waals surface area (Å²) < 4.78 is 29.4. The van der Waals surface area contributed by atoms with Gasteiger partial charge in [0, 0.05) is 18.2 Å². The number of hydrogen-bond acceptors (Lipinski definition) is 3. The summed E-state index contributed by atoms with van der Waals surface area (Å²) in [6, 6.07) is 9.08. The zero-order valence-corrected chi connectivity index (χ0v) is 16.0. The van der Waals surface area contributed by atoms with E-state index in [4.69, 9.17) is 0 Å². The van der Waals surface area contributed by atoms with Gasteiger partial charge in [-0.3, -0.25) is 4.57 Å². The number of anilines is 1. The summed E-state index contributed by atoms with van der Waals surface area (Å²) in [5.41, 5.74) is 2.53. The number of aryl methyl sites for hydroxylation is 1. The van der Waals surface area contributed by atoms with Crippen molar-refractivity contribution in [3.05, 3.63) is 65.9 Å². The first-order valence-corrected chi connectivity index (χ1v) is 9.36. The number of halogens is 2. The Hall–Kier alpha value is -2.73. The van der Waals surface area contributed by atoms with Gasteiger partial charge in [0.2, 0.25) is 5.95 Å². The van der Waals surface area contributed by atoms with Gasteiger partial charge in [0.05, 0.1) is 22.3 Å². The van der Waals surface area contributed by atoms with Crippen LogP contribution in [0.1, 0.15) is 31.7 Å². The van der Waals surface area contributed by atoms with Crippen LogP contribution in [0.25, 0.3) is 16.7 Å². The lowest BCUT2D eigenvalue weighted by atomic mass is 9.95. The molecular formula is C22H23F2N3O. The minimum absolute atomic E-state index is 0.282. The molecule has 146 valence electrons. The third-order valence-electron chi connectivity index (χ3n) is 5.23. The molecule has 6 heteroatoms. The first-order chi connectivity index (χ1) is 13.2. The molecule has 1 atom stereocenters. The van der Waals surface area contributed by atoms with Crippen LogP contribution in [0.4, 0.5) is 14.7 Å². The van der Waals surface area contributed by atoms with Crippen LogP contribution in [-0.4, -0.2) is 20.3 Å². The maximum atomic E-state index is 13.9. The van der Waals surface area contributed by atoms with Crippen LogP contribution < -0.4 is 5.32 Å². The summed E-state index contributed by atoms with van der Waals surface area (Å²) in [5, 5.41) is 13.8. The van der Waals surface area contributed by atoms with Crippen LogP contribution in [0, 0.1) is 24.5 Å². The molecule has 2 N–H and O–H groups in total. The Balaban J connectivity index is 1.76. The Morgan fingerprint density at radius 3 is 2.57 bits per heavy atom.